The summed E-state index contributed by atoms with van der Waals surface area (Å²) < 4.78 is 27.1. The molecule has 1 saturated heterocycles. The van der Waals surface area contributed by atoms with Gasteiger partial charge in [-0.2, -0.15) is 4.31 Å². The molecule has 152 valence electrons. The molecule has 1 aromatic heterocycles. The van der Waals surface area contributed by atoms with Crippen LogP contribution in [0.5, 0.6) is 0 Å². The molecule has 28 heavy (non-hydrogen) atoms. The highest BCUT2D eigenvalue weighted by molar-refractivity contribution is 7.89. The Morgan fingerprint density at radius 3 is 2.50 bits per heavy atom. The Kier molecular flexibility index (Phi) is 7.01. The van der Waals surface area contributed by atoms with Gasteiger partial charge >= 0.3 is 0 Å². The second kappa shape index (κ2) is 9.11. The van der Waals surface area contributed by atoms with E-state index in [0.29, 0.717) is 32.7 Å². The molecule has 1 aliphatic heterocycles. The fraction of sp³-hybridized carbons (Fsp3) is 0.389. The summed E-state index contributed by atoms with van der Waals surface area (Å²) in [6.07, 6.45) is 0. The molecule has 1 fully saturated rings. The van der Waals surface area contributed by atoms with E-state index < -0.39 is 10.0 Å². The van der Waals surface area contributed by atoms with Crippen LogP contribution in [-0.2, 0) is 21.4 Å². The van der Waals surface area contributed by atoms with Gasteiger partial charge in [0.15, 0.2) is 0 Å². The standard InChI is InChI=1S/C18H21Cl2N3O3S2/c1-13-5-6-14(27-13)11-21-17(24)12-22-7-9-23(10-8-22)28(25,26)16-4-2-3-15(19)18(16)20/h2-6H,7-12H2,1H3,(H,21,24). The molecule has 0 radical (unpaired) electrons. The summed E-state index contributed by atoms with van der Waals surface area (Å²) in [5.74, 6) is -0.0692. The lowest BCUT2D eigenvalue weighted by molar-refractivity contribution is -0.122. The summed E-state index contributed by atoms with van der Waals surface area (Å²) in [6.45, 7) is 4.33. The van der Waals surface area contributed by atoms with Crippen molar-refractivity contribution in [2.75, 3.05) is 32.7 Å². The van der Waals surface area contributed by atoms with E-state index in [4.69, 9.17) is 23.2 Å². The topological polar surface area (TPSA) is 69.7 Å². The summed E-state index contributed by atoms with van der Waals surface area (Å²) in [7, 11) is -3.72. The Morgan fingerprint density at radius 2 is 1.86 bits per heavy atom. The zero-order chi connectivity index (χ0) is 20.3. The minimum atomic E-state index is -3.72. The molecule has 0 spiro atoms. The number of piperazine rings is 1. The summed E-state index contributed by atoms with van der Waals surface area (Å²) in [5.41, 5.74) is 0. The molecule has 0 unspecified atom stereocenters. The van der Waals surface area contributed by atoms with Gasteiger partial charge in [0.05, 0.1) is 23.1 Å². The number of nitrogens with one attached hydrogen (secondary N) is 1. The van der Waals surface area contributed by atoms with Gasteiger partial charge in [-0.05, 0) is 31.2 Å². The Labute approximate surface area is 179 Å². The number of carbonyl (C=O) groups is 1. The van der Waals surface area contributed by atoms with Crippen molar-refractivity contribution in [3.63, 3.8) is 0 Å². The number of aryl methyl sites for hydroxylation is 1. The Morgan fingerprint density at radius 1 is 1.14 bits per heavy atom. The average molecular weight is 462 g/mol. The van der Waals surface area contributed by atoms with E-state index in [9.17, 15) is 13.2 Å². The van der Waals surface area contributed by atoms with Gasteiger partial charge in [-0.3, -0.25) is 9.69 Å². The summed E-state index contributed by atoms with van der Waals surface area (Å²) in [5, 5.41) is 3.15. The van der Waals surface area contributed by atoms with Crippen molar-refractivity contribution >= 4 is 50.5 Å². The zero-order valence-electron chi connectivity index (χ0n) is 15.3. The smallest absolute Gasteiger partial charge is 0.244 e. The molecule has 1 amide bonds. The second-order valence-electron chi connectivity index (χ2n) is 6.52. The molecule has 0 atom stereocenters. The number of sulfonamides is 1. The van der Waals surface area contributed by atoms with Crippen molar-refractivity contribution in [1.29, 1.82) is 0 Å². The number of rotatable bonds is 6. The highest BCUT2D eigenvalue weighted by Gasteiger charge is 2.31. The van der Waals surface area contributed by atoms with Crippen LogP contribution in [0.3, 0.4) is 0 Å². The van der Waals surface area contributed by atoms with Crippen molar-refractivity contribution in [2.24, 2.45) is 0 Å². The third-order valence-electron chi connectivity index (χ3n) is 4.49. The molecule has 1 N–H and O–H groups in total. The monoisotopic (exact) mass is 461 g/mol. The fourth-order valence-electron chi connectivity index (χ4n) is 2.98. The molecule has 6 nitrogen and oxygen atoms in total. The average Bonchev–Trinajstić information content (AvgIpc) is 3.08. The summed E-state index contributed by atoms with van der Waals surface area (Å²) in [4.78, 5) is 16.4. The maximum Gasteiger partial charge on any atom is 0.244 e. The van der Waals surface area contributed by atoms with Crippen molar-refractivity contribution in [3.05, 3.63) is 50.1 Å². The molecule has 1 aliphatic rings. The minimum absolute atomic E-state index is 0.0131. The molecule has 3 rings (SSSR count). The van der Waals surface area contributed by atoms with Crippen LogP contribution in [0.15, 0.2) is 35.2 Å². The van der Waals surface area contributed by atoms with Gasteiger partial charge in [0.1, 0.15) is 4.90 Å². The molecule has 2 heterocycles. The van der Waals surface area contributed by atoms with E-state index in [0.717, 1.165) is 4.88 Å². The minimum Gasteiger partial charge on any atom is -0.350 e. The third kappa shape index (κ3) is 5.06. The van der Waals surface area contributed by atoms with E-state index in [1.54, 1.807) is 23.5 Å². The second-order valence-corrected chi connectivity index (χ2v) is 10.6. The predicted octanol–water partition coefficient (Wildman–Crippen LogP) is 2.99. The third-order valence-corrected chi connectivity index (χ3v) is 8.36. The molecule has 0 bridgehead atoms. The van der Waals surface area contributed by atoms with Crippen molar-refractivity contribution in [2.45, 2.75) is 18.4 Å². The van der Waals surface area contributed by atoms with Crippen LogP contribution in [0.1, 0.15) is 9.75 Å². The lowest BCUT2D eigenvalue weighted by Gasteiger charge is -2.33. The Hall–Kier alpha value is -1.16. The van der Waals surface area contributed by atoms with E-state index in [1.807, 2.05) is 24.0 Å². The Bertz CT molecular complexity index is 955. The highest BCUT2D eigenvalue weighted by Crippen LogP contribution is 2.31. The molecule has 0 saturated carbocycles. The first-order chi connectivity index (χ1) is 13.3. The van der Waals surface area contributed by atoms with Crippen LogP contribution in [0.2, 0.25) is 10.0 Å². The molecule has 1 aromatic carbocycles. The Balaban J connectivity index is 1.52. The van der Waals surface area contributed by atoms with Gasteiger partial charge in [0.2, 0.25) is 15.9 Å². The van der Waals surface area contributed by atoms with E-state index >= 15 is 0 Å². The number of carbonyl (C=O) groups excluding carboxylic acids is 1. The van der Waals surface area contributed by atoms with Crippen LogP contribution in [-0.4, -0.2) is 56.3 Å². The van der Waals surface area contributed by atoms with Crippen LogP contribution < -0.4 is 5.32 Å². The lowest BCUT2D eigenvalue weighted by Crippen LogP contribution is -2.51. The maximum atomic E-state index is 12.8. The number of hydrogen-bond donors (Lipinski definition) is 1. The highest BCUT2D eigenvalue weighted by atomic mass is 35.5. The first kappa shape index (κ1) is 21.5. The first-order valence-electron chi connectivity index (χ1n) is 8.76. The summed E-state index contributed by atoms with van der Waals surface area (Å²) >= 11 is 13.7. The van der Waals surface area contributed by atoms with Crippen molar-refractivity contribution in [3.8, 4) is 0 Å². The molecular weight excluding hydrogens is 441 g/mol. The normalized spacial score (nSPS) is 16.2. The zero-order valence-corrected chi connectivity index (χ0v) is 18.5. The number of nitrogens with zero attached hydrogens (tertiary/aromatic N) is 2. The lowest BCUT2D eigenvalue weighted by atomic mass is 10.3. The van der Waals surface area contributed by atoms with Gasteiger partial charge in [-0.15, -0.1) is 11.3 Å². The first-order valence-corrected chi connectivity index (χ1v) is 11.8. The van der Waals surface area contributed by atoms with Gasteiger partial charge in [0.25, 0.3) is 0 Å². The number of hydrogen-bond acceptors (Lipinski definition) is 5. The van der Waals surface area contributed by atoms with Gasteiger partial charge in [-0.25, -0.2) is 8.42 Å². The van der Waals surface area contributed by atoms with E-state index in [-0.39, 0.29) is 27.4 Å². The quantitative estimate of drug-likeness (QED) is 0.717. The van der Waals surface area contributed by atoms with Crippen LogP contribution in [0.4, 0.5) is 0 Å². The van der Waals surface area contributed by atoms with Gasteiger partial charge in [0, 0.05) is 35.9 Å². The van der Waals surface area contributed by atoms with Crippen LogP contribution >= 0.6 is 34.5 Å². The van der Waals surface area contributed by atoms with Crippen LogP contribution in [0, 0.1) is 6.92 Å². The number of halogens is 2. The van der Waals surface area contributed by atoms with Gasteiger partial charge < -0.3 is 5.32 Å². The van der Waals surface area contributed by atoms with E-state index in [2.05, 4.69) is 5.32 Å². The largest absolute Gasteiger partial charge is 0.350 e. The molecule has 2 aromatic rings. The van der Waals surface area contributed by atoms with Crippen LogP contribution in [0.25, 0.3) is 0 Å². The number of thiophene rings is 1. The summed E-state index contributed by atoms with van der Waals surface area (Å²) in [6, 6.07) is 8.60. The SMILES string of the molecule is Cc1ccc(CNC(=O)CN2CCN(S(=O)(=O)c3cccc(Cl)c3Cl)CC2)s1. The molecular formula is C18H21Cl2N3O3S2. The number of benzene rings is 1. The predicted molar refractivity (Wildman–Crippen MR) is 113 cm³/mol. The van der Waals surface area contributed by atoms with E-state index in [1.165, 1.54) is 15.2 Å². The van der Waals surface area contributed by atoms with Crippen molar-refractivity contribution in [1.82, 2.24) is 14.5 Å². The molecule has 10 heteroatoms. The molecule has 0 aliphatic carbocycles. The number of amides is 1. The fourth-order valence-corrected chi connectivity index (χ4v) is 5.96. The van der Waals surface area contributed by atoms with Crippen molar-refractivity contribution < 1.29 is 13.2 Å². The maximum absolute atomic E-state index is 12.8. The van der Waals surface area contributed by atoms with Gasteiger partial charge in [-0.1, -0.05) is 29.3 Å².